The molecule has 0 spiro atoms. The molecule has 25 heavy (non-hydrogen) atoms. The quantitative estimate of drug-likeness (QED) is 0.503. The molecule has 0 bridgehead atoms. The highest BCUT2D eigenvalue weighted by atomic mass is 32.2. The molecule has 0 N–H and O–H groups in total. The average molecular weight is 380 g/mol. The molecule has 2 rings (SSSR count). The number of thioether (sulfide) groups is 1. The van der Waals surface area contributed by atoms with Gasteiger partial charge < -0.3 is 19.4 Å². The first kappa shape index (κ1) is 19.3. The summed E-state index contributed by atoms with van der Waals surface area (Å²) in [6.07, 6.45) is 2.45. The van der Waals surface area contributed by atoms with Crippen LogP contribution in [-0.2, 0) is 9.59 Å². The molecule has 1 aliphatic rings. The van der Waals surface area contributed by atoms with Crippen molar-refractivity contribution in [1.82, 2.24) is 4.90 Å². The van der Waals surface area contributed by atoms with Gasteiger partial charge in [0.2, 0.25) is 0 Å². The zero-order chi connectivity index (χ0) is 18.4. The maximum atomic E-state index is 12.5. The number of hydrogen-bond donors (Lipinski definition) is 0. The second-order valence-electron chi connectivity index (χ2n) is 5.10. The summed E-state index contributed by atoms with van der Waals surface area (Å²) >= 11 is 6.46. The third-order valence-electron chi connectivity index (χ3n) is 3.25. The minimum absolute atomic E-state index is 0.162. The summed E-state index contributed by atoms with van der Waals surface area (Å²) in [6.45, 7) is 4.13. The number of thiocarbonyl (C=S) groups is 1. The SMILES string of the molecule is CCCN1C(=O)/C(=C\c2cccc(OCC)c2OCC(=O)[O-])SC1=S. The molecular weight excluding hydrogens is 362 g/mol. The van der Waals surface area contributed by atoms with Gasteiger partial charge in [0.25, 0.3) is 5.91 Å². The monoisotopic (exact) mass is 380 g/mol. The lowest BCUT2D eigenvalue weighted by atomic mass is 10.1. The standard InChI is InChI=1S/C17H19NO5S2/c1-3-8-18-16(21)13(25-17(18)24)9-11-6-5-7-12(22-4-2)15(11)23-10-14(19)20/h5-7,9H,3-4,8,10H2,1-2H3,(H,19,20)/p-1/b13-9+. The Hall–Kier alpha value is -2.06. The summed E-state index contributed by atoms with van der Waals surface area (Å²) in [5, 5.41) is 10.7. The number of aliphatic carboxylic acids is 1. The Kier molecular flexibility index (Phi) is 6.83. The van der Waals surface area contributed by atoms with Crippen molar-refractivity contribution < 1.29 is 24.2 Å². The first-order valence-corrected chi connectivity index (χ1v) is 9.04. The molecule has 1 heterocycles. The van der Waals surface area contributed by atoms with Crippen LogP contribution in [0.15, 0.2) is 23.1 Å². The van der Waals surface area contributed by atoms with Gasteiger partial charge in [0.05, 0.1) is 17.5 Å². The Morgan fingerprint density at radius 1 is 1.36 bits per heavy atom. The number of carbonyl (C=O) groups excluding carboxylic acids is 2. The van der Waals surface area contributed by atoms with Gasteiger partial charge in [0.15, 0.2) is 11.5 Å². The van der Waals surface area contributed by atoms with Gasteiger partial charge in [-0.15, -0.1) is 0 Å². The van der Waals surface area contributed by atoms with Crippen LogP contribution in [0.25, 0.3) is 6.08 Å². The number of rotatable bonds is 8. The first-order chi connectivity index (χ1) is 12.0. The maximum Gasteiger partial charge on any atom is 0.266 e. The van der Waals surface area contributed by atoms with Gasteiger partial charge in [-0.2, -0.15) is 0 Å². The number of para-hydroxylation sites is 1. The van der Waals surface area contributed by atoms with Crippen LogP contribution in [0.5, 0.6) is 11.5 Å². The fourth-order valence-corrected chi connectivity index (χ4v) is 3.56. The van der Waals surface area contributed by atoms with E-state index in [0.29, 0.717) is 33.7 Å². The molecule has 1 aromatic carbocycles. The topological polar surface area (TPSA) is 78.9 Å². The van der Waals surface area contributed by atoms with Crippen LogP contribution in [0.3, 0.4) is 0 Å². The van der Waals surface area contributed by atoms with E-state index in [4.69, 9.17) is 21.7 Å². The summed E-state index contributed by atoms with van der Waals surface area (Å²) in [7, 11) is 0. The van der Waals surface area contributed by atoms with Crippen molar-refractivity contribution in [2.75, 3.05) is 19.8 Å². The molecule has 134 valence electrons. The summed E-state index contributed by atoms with van der Waals surface area (Å²) in [5.41, 5.74) is 0.546. The molecule has 0 saturated carbocycles. The Morgan fingerprint density at radius 2 is 2.12 bits per heavy atom. The molecule has 0 aliphatic carbocycles. The Labute approximate surface area is 155 Å². The van der Waals surface area contributed by atoms with E-state index in [0.717, 1.165) is 6.42 Å². The zero-order valence-corrected chi connectivity index (χ0v) is 15.6. The highest BCUT2D eigenvalue weighted by Crippen LogP contribution is 2.37. The highest BCUT2D eigenvalue weighted by molar-refractivity contribution is 8.26. The summed E-state index contributed by atoms with van der Waals surface area (Å²) in [5.74, 6) is -0.841. The summed E-state index contributed by atoms with van der Waals surface area (Å²) in [6, 6.07) is 5.14. The normalized spacial score (nSPS) is 15.8. The lowest BCUT2D eigenvalue weighted by Gasteiger charge is -2.15. The second-order valence-corrected chi connectivity index (χ2v) is 6.78. The Bertz CT molecular complexity index is 717. The molecule has 0 aromatic heterocycles. The summed E-state index contributed by atoms with van der Waals surface area (Å²) < 4.78 is 11.3. The average Bonchev–Trinajstić information content (AvgIpc) is 2.82. The van der Waals surface area contributed by atoms with Gasteiger partial charge in [-0.25, -0.2) is 0 Å². The van der Waals surface area contributed by atoms with E-state index < -0.39 is 12.6 Å². The fourth-order valence-electron chi connectivity index (χ4n) is 2.26. The van der Waals surface area contributed by atoms with Crippen LogP contribution in [-0.4, -0.2) is 40.9 Å². The van der Waals surface area contributed by atoms with Gasteiger partial charge in [-0.1, -0.05) is 43.0 Å². The number of carbonyl (C=O) groups is 2. The van der Waals surface area contributed by atoms with Crippen molar-refractivity contribution in [3.05, 3.63) is 28.7 Å². The Balaban J connectivity index is 2.37. The van der Waals surface area contributed by atoms with Crippen molar-refractivity contribution in [3.63, 3.8) is 0 Å². The van der Waals surface area contributed by atoms with Crippen molar-refractivity contribution >= 4 is 46.3 Å². The van der Waals surface area contributed by atoms with Gasteiger partial charge in [-0.3, -0.25) is 9.69 Å². The van der Waals surface area contributed by atoms with Gasteiger partial charge in [0.1, 0.15) is 10.9 Å². The lowest BCUT2D eigenvalue weighted by Crippen LogP contribution is -2.29. The van der Waals surface area contributed by atoms with E-state index in [1.54, 1.807) is 29.2 Å². The largest absolute Gasteiger partial charge is 0.546 e. The van der Waals surface area contributed by atoms with Crippen LogP contribution < -0.4 is 14.6 Å². The van der Waals surface area contributed by atoms with Crippen molar-refractivity contribution in [2.45, 2.75) is 20.3 Å². The Morgan fingerprint density at radius 3 is 2.76 bits per heavy atom. The predicted octanol–water partition coefficient (Wildman–Crippen LogP) is 1.83. The van der Waals surface area contributed by atoms with Crippen LogP contribution in [0.2, 0.25) is 0 Å². The maximum absolute atomic E-state index is 12.5. The van der Waals surface area contributed by atoms with Gasteiger partial charge >= 0.3 is 0 Å². The smallest absolute Gasteiger partial charge is 0.266 e. The number of carboxylic acids is 1. The molecular formula is C17H18NO5S2-. The summed E-state index contributed by atoms with van der Waals surface area (Å²) in [4.78, 5) is 25.2. The molecule has 1 amide bonds. The van der Waals surface area contributed by atoms with Crippen molar-refractivity contribution in [1.29, 1.82) is 0 Å². The number of ether oxygens (including phenoxy) is 2. The minimum Gasteiger partial charge on any atom is -0.546 e. The third kappa shape index (κ3) is 4.73. The van der Waals surface area contributed by atoms with Crippen molar-refractivity contribution in [3.8, 4) is 11.5 Å². The number of carboxylic acid groups (broad SMARTS) is 1. The lowest BCUT2D eigenvalue weighted by molar-refractivity contribution is -0.307. The minimum atomic E-state index is -1.34. The number of amides is 1. The van der Waals surface area contributed by atoms with Crippen LogP contribution in [0.1, 0.15) is 25.8 Å². The van der Waals surface area contributed by atoms with E-state index in [-0.39, 0.29) is 11.7 Å². The fraction of sp³-hybridized carbons (Fsp3) is 0.353. The molecule has 0 unspecified atom stereocenters. The van der Waals surface area contributed by atoms with E-state index >= 15 is 0 Å². The predicted molar refractivity (Wildman–Crippen MR) is 98.3 cm³/mol. The number of benzene rings is 1. The van der Waals surface area contributed by atoms with Gasteiger partial charge in [0, 0.05) is 12.1 Å². The number of nitrogens with zero attached hydrogens (tertiary/aromatic N) is 1. The van der Waals surface area contributed by atoms with Gasteiger partial charge in [-0.05, 0) is 25.5 Å². The van der Waals surface area contributed by atoms with Crippen LogP contribution in [0.4, 0.5) is 0 Å². The first-order valence-electron chi connectivity index (χ1n) is 7.81. The van der Waals surface area contributed by atoms with E-state index in [1.165, 1.54) is 11.8 Å². The van der Waals surface area contributed by atoms with E-state index in [9.17, 15) is 14.7 Å². The molecule has 1 fully saturated rings. The highest BCUT2D eigenvalue weighted by Gasteiger charge is 2.31. The zero-order valence-electron chi connectivity index (χ0n) is 13.9. The number of hydrogen-bond acceptors (Lipinski definition) is 7. The van der Waals surface area contributed by atoms with Crippen LogP contribution in [0, 0.1) is 0 Å². The second kappa shape index (κ2) is 8.87. The molecule has 1 saturated heterocycles. The molecule has 1 aromatic rings. The van der Waals surface area contributed by atoms with Crippen LogP contribution >= 0.6 is 24.0 Å². The van der Waals surface area contributed by atoms with Crippen molar-refractivity contribution in [2.24, 2.45) is 0 Å². The molecule has 1 aliphatic heterocycles. The molecule has 0 atom stereocenters. The molecule has 8 heteroatoms. The van der Waals surface area contributed by atoms with E-state index in [2.05, 4.69) is 0 Å². The third-order valence-corrected chi connectivity index (χ3v) is 4.63. The van der Waals surface area contributed by atoms with E-state index in [1.807, 2.05) is 13.8 Å². The molecule has 0 radical (unpaired) electrons. The molecule has 6 nitrogen and oxygen atoms in total.